The number of hydrazone groups is 1. The summed E-state index contributed by atoms with van der Waals surface area (Å²) >= 11 is 11.8. The summed E-state index contributed by atoms with van der Waals surface area (Å²) in [6.45, 7) is 0. The van der Waals surface area contributed by atoms with E-state index in [1.54, 1.807) is 18.2 Å². The zero-order valence-electron chi connectivity index (χ0n) is 10.9. The monoisotopic (exact) mass is 340 g/mol. The van der Waals surface area contributed by atoms with E-state index < -0.39 is 23.2 Å². The highest BCUT2D eigenvalue weighted by molar-refractivity contribution is 6.43. The molecule has 6 nitrogen and oxygen atoms in total. The third kappa shape index (κ3) is 3.41. The molecule has 0 aliphatic rings. The highest BCUT2D eigenvalue weighted by Crippen LogP contribution is 2.35. The predicted molar refractivity (Wildman–Crippen MR) is 83.0 cm³/mol. The minimum Gasteiger partial charge on any atom is -0.504 e. The molecule has 0 aliphatic heterocycles. The van der Waals surface area contributed by atoms with E-state index in [9.17, 15) is 20.1 Å². The number of rotatable bonds is 3. The van der Waals surface area contributed by atoms with E-state index >= 15 is 0 Å². The Morgan fingerprint density at radius 1 is 1.14 bits per heavy atom. The van der Waals surface area contributed by atoms with Gasteiger partial charge < -0.3 is 15.3 Å². The fourth-order valence-electron chi connectivity index (χ4n) is 1.58. The van der Waals surface area contributed by atoms with E-state index in [2.05, 4.69) is 10.5 Å². The van der Waals surface area contributed by atoms with Gasteiger partial charge in [-0.05, 0) is 18.2 Å². The number of benzene rings is 2. The topological polar surface area (TPSA) is 102 Å². The number of hydrogen-bond acceptors (Lipinski definition) is 5. The van der Waals surface area contributed by atoms with E-state index in [1.807, 2.05) is 0 Å². The first kappa shape index (κ1) is 15.9. The first-order valence-electron chi connectivity index (χ1n) is 5.92. The number of phenolic OH excluding ortho intramolecular Hbond substituents is 3. The molecule has 2 aromatic rings. The minimum atomic E-state index is -0.703. The van der Waals surface area contributed by atoms with Crippen LogP contribution in [0.2, 0.25) is 10.0 Å². The molecule has 0 fully saturated rings. The van der Waals surface area contributed by atoms with Crippen molar-refractivity contribution in [1.82, 2.24) is 5.43 Å². The first-order chi connectivity index (χ1) is 10.4. The number of halogens is 2. The molecule has 0 atom stereocenters. The molecule has 1 amide bonds. The highest BCUT2D eigenvalue weighted by Gasteiger charge is 2.13. The van der Waals surface area contributed by atoms with Crippen molar-refractivity contribution in [2.75, 3.05) is 0 Å². The number of nitrogens with zero attached hydrogens (tertiary/aromatic N) is 1. The minimum absolute atomic E-state index is 0.0814. The van der Waals surface area contributed by atoms with Gasteiger partial charge in [0.2, 0.25) is 0 Å². The Kier molecular flexibility index (Phi) is 4.75. The number of nitrogens with one attached hydrogen (secondary N) is 1. The second kappa shape index (κ2) is 6.55. The smallest absolute Gasteiger partial charge is 0.271 e. The molecule has 0 spiro atoms. The van der Waals surface area contributed by atoms with E-state index in [-0.39, 0.29) is 5.56 Å². The highest BCUT2D eigenvalue weighted by atomic mass is 35.5. The van der Waals surface area contributed by atoms with E-state index in [4.69, 9.17) is 23.2 Å². The lowest BCUT2D eigenvalue weighted by Crippen LogP contribution is -2.17. The zero-order valence-corrected chi connectivity index (χ0v) is 12.4. The van der Waals surface area contributed by atoms with Crippen molar-refractivity contribution in [2.45, 2.75) is 0 Å². The Hall–Kier alpha value is -2.44. The normalized spacial score (nSPS) is 10.8. The van der Waals surface area contributed by atoms with Gasteiger partial charge >= 0.3 is 0 Å². The molecule has 0 saturated heterocycles. The molecule has 0 unspecified atom stereocenters. The molecule has 2 rings (SSSR count). The van der Waals surface area contributed by atoms with Crippen LogP contribution in [0.1, 0.15) is 15.9 Å². The van der Waals surface area contributed by atoms with Crippen LogP contribution in [-0.2, 0) is 0 Å². The number of hydrogen-bond donors (Lipinski definition) is 4. The maximum atomic E-state index is 11.8. The van der Waals surface area contributed by atoms with Crippen molar-refractivity contribution in [3.8, 4) is 17.2 Å². The number of carbonyl (C=O) groups excluding carboxylic acids is 1. The Morgan fingerprint density at radius 3 is 2.41 bits per heavy atom. The summed E-state index contributed by atoms with van der Waals surface area (Å²) in [7, 11) is 0. The Bertz CT molecular complexity index is 739. The number of aromatic hydroxyl groups is 3. The molecule has 0 aliphatic carbocycles. The summed E-state index contributed by atoms with van der Waals surface area (Å²) in [5, 5.41) is 32.2. The maximum absolute atomic E-state index is 11.8. The molecule has 2 aromatic carbocycles. The van der Waals surface area contributed by atoms with Gasteiger partial charge in [0.15, 0.2) is 17.2 Å². The number of phenols is 3. The molecule has 22 heavy (non-hydrogen) atoms. The Balaban J connectivity index is 2.13. The van der Waals surface area contributed by atoms with Gasteiger partial charge in [-0.15, -0.1) is 0 Å². The van der Waals surface area contributed by atoms with Gasteiger partial charge in [-0.3, -0.25) is 4.79 Å². The average Bonchev–Trinajstić information content (AvgIpc) is 2.48. The molecule has 0 radical (unpaired) electrons. The molecule has 0 bridgehead atoms. The van der Waals surface area contributed by atoms with Crippen LogP contribution >= 0.6 is 23.2 Å². The van der Waals surface area contributed by atoms with E-state index in [1.165, 1.54) is 6.21 Å². The molecule has 114 valence electrons. The lowest BCUT2D eigenvalue weighted by atomic mass is 10.2. The van der Waals surface area contributed by atoms with Crippen LogP contribution in [0, 0.1) is 0 Å². The van der Waals surface area contributed by atoms with Crippen molar-refractivity contribution in [2.24, 2.45) is 5.10 Å². The molecule has 0 aromatic heterocycles. The average molecular weight is 341 g/mol. The van der Waals surface area contributed by atoms with Crippen LogP contribution in [0.15, 0.2) is 35.4 Å². The van der Waals surface area contributed by atoms with Crippen LogP contribution in [0.4, 0.5) is 0 Å². The number of amides is 1. The van der Waals surface area contributed by atoms with Gasteiger partial charge in [0, 0.05) is 11.1 Å². The van der Waals surface area contributed by atoms with E-state index in [0.29, 0.717) is 15.6 Å². The molecular weight excluding hydrogens is 331 g/mol. The van der Waals surface area contributed by atoms with Gasteiger partial charge in [-0.1, -0.05) is 35.3 Å². The van der Waals surface area contributed by atoms with Crippen LogP contribution in [0.3, 0.4) is 0 Å². The number of carbonyl (C=O) groups is 1. The molecule has 8 heteroatoms. The van der Waals surface area contributed by atoms with Gasteiger partial charge in [0.25, 0.3) is 5.91 Å². The first-order valence-corrected chi connectivity index (χ1v) is 6.68. The molecule has 4 N–H and O–H groups in total. The summed E-state index contributed by atoms with van der Waals surface area (Å²) in [5.41, 5.74) is 2.62. The van der Waals surface area contributed by atoms with Gasteiger partial charge in [0.1, 0.15) is 0 Å². The van der Waals surface area contributed by atoms with Crippen molar-refractivity contribution in [3.63, 3.8) is 0 Å². The van der Waals surface area contributed by atoms with Crippen molar-refractivity contribution in [1.29, 1.82) is 0 Å². The summed E-state index contributed by atoms with van der Waals surface area (Å²) in [6.07, 6.45) is 1.30. The third-order valence-corrected chi connectivity index (χ3v) is 3.52. The van der Waals surface area contributed by atoms with Gasteiger partial charge in [0.05, 0.1) is 16.3 Å². The summed E-state index contributed by atoms with van der Waals surface area (Å²) in [6, 6.07) is 6.93. The Morgan fingerprint density at radius 2 is 1.77 bits per heavy atom. The summed E-state index contributed by atoms with van der Waals surface area (Å²) in [4.78, 5) is 11.8. The largest absolute Gasteiger partial charge is 0.504 e. The molecule has 0 heterocycles. The van der Waals surface area contributed by atoms with Crippen molar-refractivity contribution < 1.29 is 20.1 Å². The maximum Gasteiger partial charge on any atom is 0.271 e. The predicted octanol–water partition coefficient (Wildman–Crippen LogP) is 2.87. The SMILES string of the molecule is O=C(NN=Cc1cccc(Cl)c1Cl)c1cc(O)c(O)c(O)c1. The standard InChI is InChI=1S/C14H10Cl2N2O4/c15-9-3-1-2-7(12(9)16)6-17-18-14(22)8-4-10(19)13(21)11(20)5-8/h1-6,19-21H,(H,18,22). The molecular formula is C14H10Cl2N2O4. The third-order valence-electron chi connectivity index (χ3n) is 2.68. The lowest BCUT2D eigenvalue weighted by Gasteiger charge is -2.04. The lowest BCUT2D eigenvalue weighted by molar-refractivity contribution is 0.0954. The van der Waals surface area contributed by atoms with Crippen molar-refractivity contribution in [3.05, 3.63) is 51.5 Å². The van der Waals surface area contributed by atoms with Crippen LogP contribution in [-0.4, -0.2) is 27.4 Å². The second-order valence-corrected chi connectivity index (χ2v) is 4.99. The fourth-order valence-corrected chi connectivity index (χ4v) is 1.94. The van der Waals surface area contributed by atoms with Crippen LogP contribution < -0.4 is 5.43 Å². The summed E-state index contributed by atoms with van der Waals surface area (Å²) in [5.74, 6) is -2.63. The molecule has 0 saturated carbocycles. The van der Waals surface area contributed by atoms with Gasteiger partial charge in [-0.2, -0.15) is 5.10 Å². The van der Waals surface area contributed by atoms with Gasteiger partial charge in [-0.25, -0.2) is 5.43 Å². The van der Waals surface area contributed by atoms with Crippen LogP contribution in [0.25, 0.3) is 0 Å². The van der Waals surface area contributed by atoms with Crippen LogP contribution in [0.5, 0.6) is 17.2 Å². The van der Waals surface area contributed by atoms with Crippen molar-refractivity contribution >= 4 is 35.3 Å². The quantitative estimate of drug-likeness (QED) is 0.392. The fraction of sp³-hybridized carbons (Fsp3) is 0. The van der Waals surface area contributed by atoms with E-state index in [0.717, 1.165) is 12.1 Å². The zero-order chi connectivity index (χ0) is 16.3. The second-order valence-electron chi connectivity index (χ2n) is 4.21. The Labute approximate surface area is 135 Å². The summed E-state index contributed by atoms with van der Waals surface area (Å²) < 4.78 is 0.